The maximum absolute atomic E-state index is 10.9. The molecule has 0 spiro atoms. The highest BCUT2D eigenvalue weighted by atomic mass is 79.9. The average Bonchev–Trinajstić information content (AvgIpc) is 2.70. The van der Waals surface area contributed by atoms with Gasteiger partial charge in [0.25, 0.3) is 5.69 Å². The van der Waals surface area contributed by atoms with Gasteiger partial charge in [0.1, 0.15) is 0 Å². The summed E-state index contributed by atoms with van der Waals surface area (Å²) in [5, 5.41) is 32.9. The lowest BCUT2D eigenvalue weighted by atomic mass is 10.2. The Labute approximate surface area is 120 Å². The monoisotopic (exact) mass is 341 g/mol. The molecule has 0 amide bonds. The van der Waals surface area contributed by atoms with Crippen molar-refractivity contribution in [2.24, 2.45) is 0 Å². The first-order chi connectivity index (χ1) is 9.31. The van der Waals surface area contributed by atoms with Crippen molar-refractivity contribution >= 4 is 27.6 Å². The molecule has 20 heavy (non-hydrogen) atoms. The topological polar surface area (TPSA) is 118 Å². The van der Waals surface area contributed by atoms with Crippen molar-refractivity contribution in [1.29, 1.82) is 0 Å². The van der Waals surface area contributed by atoms with Gasteiger partial charge in [-0.15, -0.1) is 0 Å². The smallest absolute Gasteiger partial charge is 0.360 e. The second kappa shape index (κ2) is 4.93. The highest BCUT2D eigenvalue weighted by molar-refractivity contribution is 9.10. The van der Waals surface area contributed by atoms with Crippen molar-refractivity contribution in [3.8, 4) is 11.4 Å². The minimum atomic E-state index is -1.39. The third kappa shape index (κ3) is 2.35. The molecule has 2 N–H and O–H groups in total. The van der Waals surface area contributed by atoms with Gasteiger partial charge in [0, 0.05) is 16.1 Å². The molecule has 0 aliphatic carbocycles. The van der Waals surface area contributed by atoms with Gasteiger partial charge >= 0.3 is 5.97 Å². The van der Waals surface area contributed by atoms with E-state index in [2.05, 4.69) is 21.0 Å². The van der Waals surface area contributed by atoms with Crippen molar-refractivity contribution in [2.75, 3.05) is 0 Å². The quantitative estimate of drug-likeness (QED) is 0.652. The number of aromatic carboxylic acids is 1. The Morgan fingerprint density at radius 1 is 1.50 bits per heavy atom. The minimum Gasteiger partial charge on any atom is -0.504 e. The lowest BCUT2D eigenvalue weighted by Gasteiger charge is -2.06. The number of nitrogens with zero attached hydrogens (tertiary/aromatic N) is 3. The summed E-state index contributed by atoms with van der Waals surface area (Å²) in [6.45, 7) is 1.58. The van der Waals surface area contributed by atoms with Crippen LogP contribution in [0.25, 0.3) is 5.69 Å². The van der Waals surface area contributed by atoms with Crippen LogP contribution in [0.4, 0.5) is 5.69 Å². The Morgan fingerprint density at radius 3 is 2.65 bits per heavy atom. The van der Waals surface area contributed by atoms with Gasteiger partial charge in [-0.3, -0.25) is 10.1 Å². The lowest BCUT2D eigenvalue weighted by molar-refractivity contribution is -0.385. The van der Waals surface area contributed by atoms with Crippen LogP contribution >= 0.6 is 15.9 Å². The predicted octanol–water partition coefficient (Wildman–Crippen LogP) is 2.26. The number of rotatable bonds is 3. The predicted molar refractivity (Wildman–Crippen MR) is 71.3 cm³/mol. The van der Waals surface area contributed by atoms with Gasteiger partial charge in [-0.1, -0.05) is 0 Å². The summed E-state index contributed by atoms with van der Waals surface area (Å²) in [7, 11) is 0. The number of benzene rings is 1. The molecule has 0 fully saturated rings. The molecular weight excluding hydrogens is 334 g/mol. The van der Waals surface area contributed by atoms with E-state index >= 15 is 0 Å². The fraction of sp³-hybridized carbons (Fsp3) is 0.0909. The zero-order valence-corrected chi connectivity index (χ0v) is 11.7. The standard InChI is InChI=1S/C11H8BrN3O5/c1-5-2-6(12)8(3-7(5)15(19)20)14-4-9(16)10(13-14)11(17)18/h2-4,16H,1H3,(H,17,18). The molecule has 1 aromatic carbocycles. The van der Waals surface area contributed by atoms with Crippen LogP contribution in [-0.4, -0.2) is 30.9 Å². The number of hydrogen-bond acceptors (Lipinski definition) is 5. The number of aryl methyl sites for hydroxylation is 1. The molecule has 0 atom stereocenters. The first kappa shape index (κ1) is 14.0. The molecule has 0 saturated heterocycles. The van der Waals surface area contributed by atoms with Crippen LogP contribution in [0.2, 0.25) is 0 Å². The molecule has 0 aliphatic rings. The highest BCUT2D eigenvalue weighted by Crippen LogP contribution is 2.30. The number of carbonyl (C=O) groups is 1. The number of aromatic hydroxyl groups is 1. The van der Waals surface area contributed by atoms with Crippen LogP contribution in [0, 0.1) is 17.0 Å². The summed E-state index contributed by atoms with van der Waals surface area (Å²) in [5.74, 6) is -1.91. The zero-order valence-electron chi connectivity index (χ0n) is 10.1. The molecule has 0 aliphatic heterocycles. The summed E-state index contributed by atoms with van der Waals surface area (Å²) in [5.41, 5.74) is 0.0424. The van der Waals surface area contributed by atoms with Gasteiger partial charge < -0.3 is 10.2 Å². The van der Waals surface area contributed by atoms with Crippen LogP contribution in [0.1, 0.15) is 16.1 Å². The maximum atomic E-state index is 10.9. The van der Waals surface area contributed by atoms with Gasteiger partial charge in [0.2, 0.25) is 5.69 Å². The number of carboxylic acid groups (broad SMARTS) is 1. The van der Waals surface area contributed by atoms with Gasteiger partial charge in [0.15, 0.2) is 5.75 Å². The van der Waals surface area contributed by atoms with Crippen LogP contribution in [0.15, 0.2) is 22.8 Å². The highest BCUT2D eigenvalue weighted by Gasteiger charge is 2.20. The van der Waals surface area contributed by atoms with E-state index in [0.29, 0.717) is 10.0 Å². The third-order valence-electron chi connectivity index (χ3n) is 2.61. The Balaban J connectivity index is 2.63. The normalized spacial score (nSPS) is 10.5. The third-order valence-corrected chi connectivity index (χ3v) is 3.24. The largest absolute Gasteiger partial charge is 0.504 e. The molecule has 0 unspecified atom stereocenters. The molecule has 9 heteroatoms. The van der Waals surface area contributed by atoms with E-state index in [0.717, 1.165) is 10.9 Å². The second-order valence-electron chi connectivity index (χ2n) is 3.96. The van der Waals surface area contributed by atoms with E-state index in [1.165, 1.54) is 12.1 Å². The number of hydrogen-bond donors (Lipinski definition) is 2. The Morgan fingerprint density at radius 2 is 2.15 bits per heavy atom. The number of halogens is 1. The van der Waals surface area contributed by atoms with Gasteiger partial charge in [-0.2, -0.15) is 5.10 Å². The summed E-state index contributed by atoms with van der Waals surface area (Å²) in [4.78, 5) is 21.2. The van der Waals surface area contributed by atoms with E-state index in [-0.39, 0.29) is 11.4 Å². The van der Waals surface area contributed by atoms with Gasteiger partial charge in [0.05, 0.1) is 16.8 Å². The number of nitro benzene ring substituents is 1. The van der Waals surface area contributed by atoms with E-state index in [1.807, 2.05) is 0 Å². The Kier molecular flexibility index (Phi) is 3.45. The van der Waals surface area contributed by atoms with Crippen LogP contribution in [0.5, 0.6) is 5.75 Å². The van der Waals surface area contributed by atoms with Crippen LogP contribution < -0.4 is 0 Å². The summed E-state index contributed by atoms with van der Waals surface area (Å²) in [6, 6.07) is 2.77. The fourth-order valence-corrected chi connectivity index (χ4v) is 2.30. The second-order valence-corrected chi connectivity index (χ2v) is 4.81. The van der Waals surface area contributed by atoms with Crippen LogP contribution in [-0.2, 0) is 0 Å². The Bertz CT molecular complexity index is 725. The van der Waals surface area contributed by atoms with Crippen molar-refractivity contribution in [2.45, 2.75) is 6.92 Å². The van der Waals surface area contributed by atoms with Crippen molar-refractivity contribution in [3.05, 3.63) is 44.2 Å². The van der Waals surface area contributed by atoms with E-state index in [9.17, 15) is 20.0 Å². The number of aromatic nitrogens is 2. The van der Waals surface area contributed by atoms with Crippen molar-refractivity contribution in [1.82, 2.24) is 9.78 Å². The maximum Gasteiger partial charge on any atom is 0.360 e. The van der Waals surface area contributed by atoms with E-state index < -0.39 is 22.3 Å². The first-order valence-electron chi connectivity index (χ1n) is 5.28. The summed E-state index contributed by atoms with van der Waals surface area (Å²) in [6.07, 6.45) is 1.07. The molecule has 1 aromatic heterocycles. The van der Waals surface area contributed by atoms with Gasteiger partial charge in [-0.25, -0.2) is 9.48 Å². The molecule has 8 nitrogen and oxygen atoms in total. The molecular formula is C11H8BrN3O5. The minimum absolute atomic E-state index is 0.130. The SMILES string of the molecule is Cc1cc(Br)c(-n2cc(O)c(C(=O)O)n2)cc1[N+](=O)[O-]. The molecule has 0 radical (unpaired) electrons. The Hall–Kier alpha value is -2.42. The average molecular weight is 342 g/mol. The van der Waals surface area contributed by atoms with Crippen molar-refractivity contribution in [3.63, 3.8) is 0 Å². The lowest BCUT2D eigenvalue weighted by Crippen LogP contribution is -2.03. The number of carboxylic acids is 1. The molecule has 0 bridgehead atoms. The van der Waals surface area contributed by atoms with Crippen LogP contribution in [0.3, 0.4) is 0 Å². The van der Waals surface area contributed by atoms with E-state index in [1.54, 1.807) is 6.92 Å². The zero-order chi connectivity index (χ0) is 15.0. The first-order valence-corrected chi connectivity index (χ1v) is 6.07. The molecule has 104 valence electrons. The molecule has 1 heterocycles. The molecule has 2 aromatic rings. The van der Waals surface area contributed by atoms with Gasteiger partial charge in [-0.05, 0) is 28.9 Å². The summed E-state index contributed by atoms with van der Waals surface area (Å²) >= 11 is 3.23. The van der Waals surface area contributed by atoms with E-state index in [4.69, 9.17) is 5.11 Å². The molecule has 2 rings (SSSR count). The fourth-order valence-electron chi connectivity index (χ4n) is 1.66. The van der Waals surface area contributed by atoms with Crippen molar-refractivity contribution < 1.29 is 19.9 Å². The number of nitro groups is 1. The summed E-state index contributed by atoms with van der Waals surface area (Å²) < 4.78 is 1.55. The molecule has 0 saturated carbocycles.